The Balaban J connectivity index is 0.00000820. The van der Waals surface area contributed by atoms with Gasteiger partial charge in [0, 0.05) is 54.0 Å². The number of fused-ring (bicyclic) bond motifs is 4. The van der Waals surface area contributed by atoms with Crippen molar-refractivity contribution in [1.82, 2.24) is 14.1 Å². The van der Waals surface area contributed by atoms with Gasteiger partial charge in [-0.3, -0.25) is 4.57 Å². The Morgan fingerprint density at radius 2 is 1.25 bits per heavy atom. The zero-order chi connectivity index (χ0) is 61.3. The quantitative estimate of drug-likeness (QED) is 0.112. The van der Waals surface area contributed by atoms with E-state index in [0.717, 1.165) is 33.0 Å². The molecule has 8 aromatic carbocycles. The fourth-order valence-corrected chi connectivity index (χ4v) is 9.34. The summed E-state index contributed by atoms with van der Waals surface area (Å²) in [7, 11) is 0. The Hall–Kier alpha value is -7.33. The number of imidazole rings is 1. The number of ether oxygens (including phenoxy) is 1. The van der Waals surface area contributed by atoms with Crippen LogP contribution in [0.15, 0.2) is 182 Å². The molecule has 0 saturated heterocycles. The number of rotatable bonds is 8. The van der Waals surface area contributed by atoms with E-state index in [9.17, 15) is 2.74 Å². The normalized spacial score (nSPS) is 14.8. The van der Waals surface area contributed by atoms with E-state index in [4.69, 9.17) is 24.8 Å². The van der Waals surface area contributed by atoms with Gasteiger partial charge in [-0.1, -0.05) is 195 Å². The molecule has 11 aromatic rings. The molecule has 11 rings (SSSR count). The summed E-state index contributed by atoms with van der Waals surface area (Å²) in [6.45, 7) is 16.6. The van der Waals surface area contributed by atoms with Crippen molar-refractivity contribution in [1.29, 1.82) is 0 Å². The smallest absolute Gasteiger partial charge is 0.268 e. The third kappa shape index (κ3) is 9.37. The molecule has 0 atom stereocenters. The van der Waals surface area contributed by atoms with Crippen molar-refractivity contribution < 1.29 is 48.2 Å². The van der Waals surface area contributed by atoms with Gasteiger partial charge in [0.2, 0.25) is 0 Å². The number of hydrogen-bond acceptors (Lipinski definition) is 2. The Kier molecular flexibility index (Phi) is 9.27. The van der Waals surface area contributed by atoms with E-state index in [1.807, 2.05) is 69.8 Å². The van der Waals surface area contributed by atoms with Gasteiger partial charge in [-0.25, -0.2) is 4.98 Å². The molecule has 0 unspecified atom stereocenters. The van der Waals surface area contributed by atoms with Gasteiger partial charge < -0.3 is 13.9 Å². The van der Waals surface area contributed by atoms with Crippen molar-refractivity contribution >= 4 is 32.8 Å². The molecule has 0 aliphatic heterocycles. The summed E-state index contributed by atoms with van der Waals surface area (Å²) in [5.41, 5.74) is 7.90. The van der Waals surface area contributed by atoms with Gasteiger partial charge in [-0.15, -0.1) is 29.7 Å². The van der Waals surface area contributed by atoms with E-state index in [2.05, 4.69) is 111 Å². The number of pyridine rings is 1. The predicted molar refractivity (Wildman–Crippen MR) is 297 cm³/mol. The second kappa shape index (κ2) is 18.9. The van der Waals surface area contributed by atoms with Gasteiger partial charge in [0.1, 0.15) is 5.82 Å². The second-order valence-electron chi connectivity index (χ2n) is 21.3. The van der Waals surface area contributed by atoms with Crippen LogP contribution >= 0.6 is 0 Å². The van der Waals surface area contributed by atoms with Crippen LogP contribution in [0.1, 0.15) is 102 Å². The average molecular weight is 1150 g/mol. The van der Waals surface area contributed by atoms with E-state index in [-0.39, 0.29) is 77.8 Å². The third-order valence-electron chi connectivity index (χ3n) is 13.2. The molecule has 3 heterocycles. The maximum atomic E-state index is 9.18. The Morgan fingerprint density at radius 1 is 0.575 bits per heavy atom. The van der Waals surface area contributed by atoms with E-state index in [0.29, 0.717) is 39.2 Å². The first kappa shape index (κ1) is 35.7. The van der Waals surface area contributed by atoms with E-state index in [1.165, 1.54) is 23.4 Å². The monoisotopic (exact) mass is 1140 g/mol. The first-order chi connectivity index (χ1) is 39.8. The summed E-state index contributed by atoms with van der Waals surface area (Å²) in [6, 6.07) is 38.7. The van der Waals surface area contributed by atoms with Crippen molar-refractivity contribution in [2.45, 2.75) is 85.4 Å². The zero-order valence-corrected chi connectivity index (χ0v) is 44.3. The van der Waals surface area contributed by atoms with Gasteiger partial charge >= 0.3 is 0 Å². The van der Waals surface area contributed by atoms with Gasteiger partial charge in [0.05, 0.1) is 30.4 Å². The van der Waals surface area contributed by atoms with Crippen LogP contribution < -0.4 is 9.30 Å². The van der Waals surface area contributed by atoms with Crippen LogP contribution in [-0.4, -0.2) is 14.1 Å². The molecule has 0 aliphatic rings. The predicted octanol–water partition coefficient (Wildman–Crippen LogP) is 16.8. The molecule has 3 aromatic heterocycles. The minimum Gasteiger partial charge on any atom is -0.510 e. The van der Waals surface area contributed by atoms with Crippen molar-refractivity contribution in [3.8, 4) is 62.1 Å². The molecule has 6 heteroatoms. The molecule has 0 radical (unpaired) electrons. The molecule has 0 spiro atoms. The molecular formula is C67H60N4OPt-2. The number of aryl methyl sites for hydroxylation is 1. The number of aromatic nitrogens is 4. The van der Waals surface area contributed by atoms with Gasteiger partial charge in [0.15, 0.2) is 0 Å². The Morgan fingerprint density at radius 3 is 1.93 bits per heavy atom. The number of nitrogens with zero attached hydrogens (tertiary/aromatic N) is 4. The van der Waals surface area contributed by atoms with Crippen molar-refractivity contribution in [2.24, 2.45) is 0 Å². The van der Waals surface area contributed by atoms with Gasteiger partial charge in [0.25, 0.3) is 6.33 Å². The van der Waals surface area contributed by atoms with Crippen LogP contribution in [-0.2, 0) is 37.3 Å². The third-order valence-corrected chi connectivity index (χ3v) is 13.2. The molecule has 0 N–H and O–H groups in total. The first-order valence-electron chi connectivity index (χ1n) is 30.5. The average Bonchev–Trinajstić information content (AvgIpc) is 1.50. The van der Waals surface area contributed by atoms with Crippen LogP contribution in [0.2, 0.25) is 0 Å². The fourth-order valence-electron chi connectivity index (χ4n) is 9.34. The Labute approximate surface area is 463 Å². The molecule has 0 saturated carbocycles. The molecular weight excluding hydrogens is 1070 g/mol. The summed E-state index contributed by atoms with van der Waals surface area (Å²) < 4.78 is 124. The van der Waals surface area contributed by atoms with Gasteiger partial charge in [-0.05, 0) is 102 Å². The van der Waals surface area contributed by atoms with E-state index in [1.54, 1.807) is 22.8 Å². The standard InChI is InChI=1S/C67H60N4O.Pt/c1-44-35-63(68-42-57(44)46-23-15-12-16-24-46)71-59-30-18-17-27-55(59)56-33-32-53(41-61(56)71)72-52-26-19-25-51(40-52)69-43-70(64-54(45-21-13-11-14-22-45)28-20-29-58(64)67(8,9)10)60-34-31-47(38-62(60)69)48-36-49(65(2,3)4)39-50(37-48)66(5,6)7;/h11-39,42H,1-10H3;/q-2;/i1D3,11D,12D,13D,14D,15D,16D,21D,22D,23D,24D;. The maximum absolute atomic E-state index is 9.18. The largest absolute Gasteiger partial charge is 0.510 e. The fraction of sp³-hybridized carbons (Fsp3) is 0.194. The summed E-state index contributed by atoms with van der Waals surface area (Å²) in [6.07, 6.45) is 4.90. The SMILES string of the molecule is [2H]c1c([2H])c([2H])c(-c2cnc(-n3c4[c-]c(Oc5[c-]c(-n6[c-][n+](-c7c(-c8c([2H])c([2H])c([2H])c([2H])c8[2H])cccc7C(C)(C)C)c7ccc(-c8cc(C(C)(C)C)cc(C(C)(C)C)c8)cc76)ccc5)ccc4c4ccccc43)cc2C([2H])([2H])[2H])c([2H])c1[2H].[Pt]. The van der Waals surface area contributed by atoms with Crippen molar-refractivity contribution in [2.75, 3.05) is 0 Å². The van der Waals surface area contributed by atoms with Crippen LogP contribution in [0.25, 0.3) is 83.4 Å². The first-order valence-corrected chi connectivity index (χ1v) is 24.0. The zero-order valence-electron chi connectivity index (χ0n) is 55.1. The molecule has 0 fully saturated rings. The molecule has 0 amide bonds. The molecule has 0 aliphatic carbocycles. The molecule has 366 valence electrons. The van der Waals surface area contributed by atoms with Crippen LogP contribution in [0, 0.1) is 25.3 Å². The van der Waals surface area contributed by atoms with E-state index >= 15 is 0 Å². The summed E-state index contributed by atoms with van der Waals surface area (Å²) in [5.74, 6) is 0.772. The molecule has 73 heavy (non-hydrogen) atoms. The molecule has 0 bridgehead atoms. The minimum absolute atomic E-state index is 0. The van der Waals surface area contributed by atoms with Crippen LogP contribution in [0.4, 0.5) is 0 Å². The van der Waals surface area contributed by atoms with Gasteiger partial charge in [-0.2, -0.15) is 18.2 Å². The van der Waals surface area contributed by atoms with Crippen molar-refractivity contribution in [3.63, 3.8) is 0 Å². The summed E-state index contributed by atoms with van der Waals surface area (Å²) in [4.78, 5) is 4.72. The molecule has 5 nitrogen and oxygen atoms in total. The minimum atomic E-state index is -2.80. The number of hydrogen-bond donors (Lipinski definition) is 0. The Bertz CT molecular complexity index is 4490. The van der Waals surface area contributed by atoms with Crippen LogP contribution in [0.5, 0.6) is 11.5 Å². The summed E-state index contributed by atoms with van der Waals surface area (Å²) in [5, 5.41) is 1.56. The van der Waals surface area contributed by atoms with E-state index < -0.39 is 60.6 Å². The number of para-hydroxylation sites is 2. The maximum Gasteiger partial charge on any atom is 0.268 e. The summed E-state index contributed by atoms with van der Waals surface area (Å²) >= 11 is 0. The van der Waals surface area contributed by atoms with Crippen molar-refractivity contribution in [3.05, 3.63) is 223 Å². The number of benzene rings is 8. The van der Waals surface area contributed by atoms with Crippen LogP contribution in [0.3, 0.4) is 0 Å². The second-order valence-corrected chi connectivity index (χ2v) is 21.3. The topological polar surface area (TPSA) is 35.9 Å².